The van der Waals surface area contributed by atoms with Gasteiger partial charge in [0.05, 0.1) is 17.0 Å². The topological polar surface area (TPSA) is 84.8 Å². The molecule has 2 aliphatic rings. The highest BCUT2D eigenvalue weighted by molar-refractivity contribution is 8.25. The lowest BCUT2D eigenvalue weighted by atomic mass is 10.2. The first kappa shape index (κ1) is 18.0. The Labute approximate surface area is 169 Å². The van der Waals surface area contributed by atoms with Crippen LogP contribution in [0.15, 0.2) is 47.4 Å². The summed E-state index contributed by atoms with van der Waals surface area (Å²) in [6.45, 7) is 3.69. The second-order valence-electron chi connectivity index (χ2n) is 6.91. The maximum absolute atomic E-state index is 11.0. The predicted octanol–water partition coefficient (Wildman–Crippen LogP) is 3.74. The molecule has 7 nitrogen and oxygen atoms in total. The van der Waals surface area contributed by atoms with Crippen LogP contribution in [0.5, 0.6) is 0 Å². The molecule has 0 unspecified atom stereocenters. The number of halogens is 1. The largest absolute Gasteiger partial charge is 0.338 e. The van der Waals surface area contributed by atoms with Crippen molar-refractivity contribution in [2.45, 2.75) is 11.4 Å². The molecule has 0 atom stereocenters. The molecule has 28 heavy (non-hydrogen) atoms. The van der Waals surface area contributed by atoms with E-state index in [1.165, 1.54) is 0 Å². The second-order valence-corrected chi connectivity index (χ2v) is 9.26. The molecular weight excluding hydrogens is 398 g/mol. The molecule has 0 amide bonds. The lowest BCUT2D eigenvalue weighted by molar-refractivity contribution is 0.487. The molecule has 0 saturated carbocycles. The van der Waals surface area contributed by atoms with E-state index in [9.17, 15) is 9.11 Å². The van der Waals surface area contributed by atoms with Crippen molar-refractivity contribution < 1.29 is 9.11 Å². The lowest BCUT2D eigenvalue weighted by Crippen LogP contribution is -2.44. The van der Waals surface area contributed by atoms with Gasteiger partial charge in [0.2, 0.25) is 5.95 Å². The third-order valence-corrected chi connectivity index (χ3v) is 7.29. The van der Waals surface area contributed by atoms with Gasteiger partial charge in [0.1, 0.15) is 0 Å². The van der Waals surface area contributed by atoms with Crippen LogP contribution in [0.4, 0.5) is 11.8 Å². The molecule has 1 fully saturated rings. The third kappa shape index (κ3) is 2.89. The van der Waals surface area contributed by atoms with Gasteiger partial charge >= 0.3 is 0 Å². The molecule has 3 aromatic rings. The van der Waals surface area contributed by atoms with Gasteiger partial charge in [-0.15, -0.1) is 0 Å². The number of para-hydroxylation sites is 1. The van der Waals surface area contributed by atoms with Gasteiger partial charge < -0.3 is 10.2 Å². The fraction of sp³-hybridized carbons (Fsp3) is 0.263. The molecule has 146 valence electrons. The summed E-state index contributed by atoms with van der Waals surface area (Å²) >= 11 is 6.12. The molecule has 1 saturated heterocycles. The molecule has 3 heterocycles. The summed E-state index contributed by atoms with van der Waals surface area (Å²) in [5.41, 5.74) is 1.59. The Morgan fingerprint density at radius 3 is 2.64 bits per heavy atom. The van der Waals surface area contributed by atoms with E-state index in [2.05, 4.69) is 10.2 Å². The molecule has 3 N–H and O–H groups in total. The fourth-order valence-corrected chi connectivity index (χ4v) is 5.60. The SMILES string of the molecule is OS1(O)c2ccc(Cl)cc2CN1c1nc(N2CCNCC2)nc2ccccc12. The maximum atomic E-state index is 11.0. The highest BCUT2D eigenvalue weighted by Crippen LogP contribution is 2.60. The quantitative estimate of drug-likeness (QED) is 0.585. The van der Waals surface area contributed by atoms with Crippen molar-refractivity contribution >= 4 is 45.0 Å². The van der Waals surface area contributed by atoms with Crippen LogP contribution in [0.3, 0.4) is 0 Å². The van der Waals surface area contributed by atoms with Crippen molar-refractivity contribution in [2.75, 3.05) is 35.4 Å². The summed E-state index contributed by atoms with van der Waals surface area (Å²) < 4.78 is 23.7. The van der Waals surface area contributed by atoms with E-state index in [1.54, 1.807) is 22.5 Å². The smallest absolute Gasteiger partial charge is 0.228 e. The maximum Gasteiger partial charge on any atom is 0.228 e. The van der Waals surface area contributed by atoms with E-state index in [0.717, 1.165) is 42.6 Å². The monoisotopic (exact) mass is 417 g/mol. The molecule has 0 radical (unpaired) electrons. The Morgan fingerprint density at radius 1 is 1.04 bits per heavy atom. The van der Waals surface area contributed by atoms with Crippen LogP contribution in [0.1, 0.15) is 5.56 Å². The molecule has 2 aromatic carbocycles. The minimum absolute atomic E-state index is 0.334. The van der Waals surface area contributed by atoms with Crippen molar-refractivity contribution in [3.05, 3.63) is 53.1 Å². The van der Waals surface area contributed by atoms with E-state index >= 15 is 0 Å². The van der Waals surface area contributed by atoms with Gasteiger partial charge in [0.25, 0.3) is 0 Å². The molecule has 1 aromatic heterocycles. The number of fused-ring (bicyclic) bond motifs is 2. The van der Waals surface area contributed by atoms with Gasteiger partial charge in [-0.25, -0.2) is 9.29 Å². The number of hydrogen-bond acceptors (Lipinski definition) is 7. The van der Waals surface area contributed by atoms with Gasteiger partial charge in [-0.05, 0) is 35.9 Å². The standard InChI is InChI=1S/C19H20ClN5O2S/c20-14-5-6-17-13(11-14)12-25(28(17,26)27)18-15-3-1-2-4-16(15)22-19(23-18)24-9-7-21-8-10-24/h1-6,11,21,26-27H,7-10,12H2. The highest BCUT2D eigenvalue weighted by atomic mass is 35.5. The van der Waals surface area contributed by atoms with Crippen LogP contribution in [-0.2, 0) is 6.54 Å². The van der Waals surface area contributed by atoms with Crippen LogP contribution >= 0.6 is 22.4 Å². The van der Waals surface area contributed by atoms with E-state index in [-0.39, 0.29) is 0 Å². The first-order valence-corrected chi connectivity index (χ1v) is 11.0. The first-order valence-electron chi connectivity index (χ1n) is 9.11. The second kappa shape index (κ2) is 6.75. The van der Waals surface area contributed by atoms with E-state index in [4.69, 9.17) is 21.6 Å². The summed E-state index contributed by atoms with van der Waals surface area (Å²) in [6, 6.07) is 12.8. The zero-order valence-corrected chi connectivity index (χ0v) is 16.6. The number of piperazine rings is 1. The Hall–Kier alpha value is -2.10. The van der Waals surface area contributed by atoms with Gasteiger partial charge in [-0.2, -0.15) is 4.98 Å². The van der Waals surface area contributed by atoms with Gasteiger partial charge in [-0.3, -0.25) is 9.11 Å². The van der Waals surface area contributed by atoms with Crippen LogP contribution < -0.4 is 14.5 Å². The van der Waals surface area contributed by atoms with Crippen molar-refractivity contribution in [1.29, 1.82) is 0 Å². The Morgan fingerprint density at radius 2 is 1.82 bits per heavy atom. The molecule has 0 spiro atoms. The number of hydrogen-bond donors (Lipinski definition) is 3. The molecule has 0 bridgehead atoms. The van der Waals surface area contributed by atoms with Crippen LogP contribution in [0.2, 0.25) is 5.02 Å². The Kier molecular flexibility index (Phi) is 4.33. The van der Waals surface area contributed by atoms with E-state index in [1.807, 2.05) is 24.3 Å². The minimum atomic E-state index is -3.20. The van der Waals surface area contributed by atoms with Crippen molar-refractivity contribution in [3.63, 3.8) is 0 Å². The number of nitrogens with zero attached hydrogens (tertiary/aromatic N) is 4. The zero-order chi connectivity index (χ0) is 19.3. The summed E-state index contributed by atoms with van der Waals surface area (Å²) in [4.78, 5) is 12.1. The van der Waals surface area contributed by atoms with Crippen LogP contribution in [0.25, 0.3) is 10.9 Å². The number of aromatic nitrogens is 2. The summed E-state index contributed by atoms with van der Waals surface area (Å²) in [6.07, 6.45) is 0. The van der Waals surface area contributed by atoms with E-state index in [0.29, 0.717) is 28.2 Å². The predicted molar refractivity (Wildman–Crippen MR) is 113 cm³/mol. The summed E-state index contributed by atoms with van der Waals surface area (Å²) in [5.74, 6) is 1.14. The number of nitrogens with one attached hydrogen (secondary N) is 1. The lowest BCUT2D eigenvalue weighted by Gasteiger charge is -2.38. The average Bonchev–Trinajstić information content (AvgIpc) is 2.97. The van der Waals surface area contributed by atoms with Crippen molar-refractivity contribution in [1.82, 2.24) is 15.3 Å². The van der Waals surface area contributed by atoms with Gasteiger partial charge in [0.15, 0.2) is 5.82 Å². The Balaban J connectivity index is 1.66. The fourth-order valence-electron chi connectivity index (χ4n) is 3.74. The summed E-state index contributed by atoms with van der Waals surface area (Å²) in [5, 5.41) is 4.69. The first-order chi connectivity index (χ1) is 13.5. The normalized spacial score (nSPS) is 19.7. The average molecular weight is 418 g/mol. The van der Waals surface area contributed by atoms with Crippen molar-refractivity contribution in [3.8, 4) is 0 Å². The molecule has 5 rings (SSSR count). The number of anilines is 2. The molecule has 9 heteroatoms. The van der Waals surface area contributed by atoms with Gasteiger partial charge in [-0.1, -0.05) is 34.5 Å². The molecule has 0 aliphatic carbocycles. The zero-order valence-electron chi connectivity index (χ0n) is 15.0. The molecule has 2 aliphatic heterocycles. The van der Waals surface area contributed by atoms with Crippen molar-refractivity contribution in [2.24, 2.45) is 0 Å². The minimum Gasteiger partial charge on any atom is -0.338 e. The molecular formula is C19H20ClN5O2S. The van der Waals surface area contributed by atoms with Crippen LogP contribution in [-0.4, -0.2) is 45.3 Å². The Bertz CT molecular complexity index is 1060. The van der Waals surface area contributed by atoms with Gasteiger partial charge in [0, 0.05) is 36.6 Å². The van der Waals surface area contributed by atoms with Crippen LogP contribution in [0, 0.1) is 0 Å². The highest BCUT2D eigenvalue weighted by Gasteiger charge is 2.37. The third-order valence-electron chi connectivity index (χ3n) is 5.15. The van der Waals surface area contributed by atoms with E-state index < -0.39 is 10.8 Å². The summed E-state index contributed by atoms with van der Waals surface area (Å²) in [7, 11) is -3.20. The number of benzene rings is 2. The number of rotatable bonds is 2.